The van der Waals surface area contributed by atoms with Gasteiger partial charge in [0.15, 0.2) is 5.96 Å². The second kappa shape index (κ2) is 11.2. The van der Waals surface area contributed by atoms with Crippen LogP contribution in [-0.4, -0.2) is 36.6 Å². The fourth-order valence-corrected chi connectivity index (χ4v) is 2.98. The van der Waals surface area contributed by atoms with Crippen LogP contribution in [0, 0.1) is 5.92 Å². The lowest BCUT2D eigenvalue weighted by atomic mass is 10.1. The van der Waals surface area contributed by atoms with Gasteiger partial charge in [-0.1, -0.05) is 13.8 Å². The zero-order valence-corrected chi connectivity index (χ0v) is 15.0. The second-order valence-corrected chi connectivity index (χ2v) is 6.37. The van der Waals surface area contributed by atoms with E-state index < -0.39 is 0 Å². The van der Waals surface area contributed by atoms with Crippen LogP contribution in [0.15, 0.2) is 4.99 Å². The van der Waals surface area contributed by atoms with Crippen LogP contribution in [0.25, 0.3) is 0 Å². The van der Waals surface area contributed by atoms with Crippen LogP contribution in [-0.2, 0) is 0 Å². The first-order chi connectivity index (χ1) is 8.22. The zero-order valence-electron chi connectivity index (χ0n) is 11.9. The Balaban J connectivity index is 0.00000289. The maximum absolute atomic E-state index is 4.67. The van der Waals surface area contributed by atoms with Crippen LogP contribution < -0.4 is 10.6 Å². The highest BCUT2D eigenvalue weighted by molar-refractivity contribution is 14.0. The molecule has 1 atom stereocenters. The minimum absolute atomic E-state index is 0. The van der Waals surface area contributed by atoms with Crippen molar-refractivity contribution in [2.45, 2.75) is 45.3 Å². The highest BCUT2D eigenvalue weighted by Gasteiger charge is 2.14. The summed E-state index contributed by atoms with van der Waals surface area (Å²) in [5.41, 5.74) is 0. The summed E-state index contributed by atoms with van der Waals surface area (Å²) in [5.74, 6) is 3.05. The zero-order chi connectivity index (χ0) is 12.5. The average Bonchev–Trinajstić information content (AvgIpc) is 2.78. The Morgan fingerprint density at radius 2 is 2.17 bits per heavy atom. The Morgan fingerprint density at radius 3 is 2.72 bits per heavy atom. The SMILES string of the molecule is CCNC(=NCC1CCCS1)NCCC(C)C.I. The molecule has 108 valence electrons. The molecule has 0 radical (unpaired) electrons. The molecular weight excluding hydrogens is 357 g/mol. The Kier molecular flexibility index (Phi) is 11.4. The van der Waals surface area contributed by atoms with Crippen LogP contribution in [0.3, 0.4) is 0 Å². The molecule has 0 bridgehead atoms. The molecule has 0 aromatic heterocycles. The highest BCUT2D eigenvalue weighted by Crippen LogP contribution is 2.25. The predicted octanol–water partition coefficient (Wildman–Crippen LogP) is 3.10. The molecule has 2 N–H and O–H groups in total. The quantitative estimate of drug-likeness (QED) is 0.419. The lowest BCUT2D eigenvalue weighted by molar-refractivity contribution is 0.573. The maximum atomic E-state index is 4.67. The van der Waals surface area contributed by atoms with Gasteiger partial charge < -0.3 is 10.6 Å². The number of nitrogens with zero attached hydrogens (tertiary/aromatic N) is 1. The van der Waals surface area contributed by atoms with E-state index in [1.165, 1.54) is 25.0 Å². The lowest BCUT2D eigenvalue weighted by Gasteiger charge is -2.13. The van der Waals surface area contributed by atoms with E-state index in [1.54, 1.807) is 0 Å². The summed E-state index contributed by atoms with van der Waals surface area (Å²) in [4.78, 5) is 4.67. The predicted molar refractivity (Wildman–Crippen MR) is 94.3 cm³/mol. The van der Waals surface area contributed by atoms with Crippen molar-refractivity contribution < 1.29 is 0 Å². The third-order valence-corrected chi connectivity index (χ3v) is 4.22. The topological polar surface area (TPSA) is 36.4 Å². The molecule has 1 rings (SSSR count). The van der Waals surface area contributed by atoms with Crippen LogP contribution >= 0.6 is 35.7 Å². The number of nitrogens with one attached hydrogen (secondary N) is 2. The fraction of sp³-hybridized carbons (Fsp3) is 0.923. The van der Waals surface area contributed by atoms with Crippen LogP contribution in [0.5, 0.6) is 0 Å². The molecule has 1 aliphatic heterocycles. The van der Waals surface area contributed by atoms with Crippen molar-refractivity contribution in [2.24, 2.45) is 10.9 Å². The number of aliphatic imine (C=N–C) groups is 1. The molecule has 0 aromatic carbocycles. The van der Waals surface area contributed by atoms with E-state index in [1.807, 2.05) is 0 Å². The van der Waals surface area contributed by atoms with E-state index in [0.29, 0.717) is 0 Å². The normalized spacial score (nSPS) is 19.8. The first-order valence-electron chi connectivity index (χ1n) is 6.86. The average molecular weight is 385 g/mol. The Labute approximate surface area is 133 Å². The van der Waals surface area contributed by atoms with Gasteiger partial charge in [-0.05, 0) is 37.9 Å². The molecule has 0 spiro atoms. The number of thioether (sulfide) groups is 1. The van der Waals surface area contributed by atoms with E-state index >= 15 is 0 Å². The summed E-state index contributed by atoms with van der Waals surface area (Å²) in [7, 11) is 0. The van der Waals surface area contributed by atoms with Gasteiger partial charge in [0.05, 0.1) is 6.54 Å². The molecule has 18 heavy (non-hydrogen) atoms. The summed E-state index contributed by atoms with van der Waals surface area (Å²) in [6, 6.07) is 0. The van der Waals surface area contributed by atoms with Crippen molar-refractivity contribution in [1.82, 2.24) is 10.6 Å². The van der Waals surface area contributed by atoms with E-state index in [4.69, 9.17) is 0 Å². The molecule has 1 unspecified atom stereocenters. The van der Waals surface area contributed by atoms with Gasteiger partial charge in [-0.25, -0.2) is 0 Å². The molecule has 5 heteroatoms. The van der Waals surface area contributed by atoms with Gasteiger partial charge in [0.25, 0.3) is 0 Å². The number of guanidine groups is 1. The monoisotopic (exact) mass is 385 g/mol. The van der Waals surface area contributed by atoms with Crippen molar-refractivity contribution in [3.8, 4) is 0 Å². The molecule has 1 heterocycles. The molecule has 0 amide bonds. The molecule has 0 aliphatic carbocycles. The van der Waals surface area contributed by atoms with Crippen LogP contribution in [0.4, 0.5) is 0 Å². The summed E-state index contributed by atoms with van der Waals surface area (Å²) < 4.78 is 0. The lowest BCUT2D eigenvalue weighted by Crippen LogP contribution is -2.38. The second-order valence-electron chi connectivity index (χ2n) is 4.96. The third kappa shape index (κ3) is 8.45. The summed E-state index contributed by atoms with van der Waals surface area (Å²) in [6.45, 7) is 9.53. The smallest absolute Gasteiger partial charge is 0.191 e. The van der Waals surface area contributed by atoms with Gasteiger partial charge in [0.2, 0.25) is 0 Å². The number of hydrogen-bond donors (Lipinski definition) is 2. The molecule has 1 saturated heterocycles. The summed E-state index contributed by atoms with van der Waals surface area (Å²) in [5, 5.41) is 7.46. The van der Waals surface area contributed by atoms with Gasteiger partial charge in [0.1, 0.15) is 0 Å². The molecule has 0 aromatic rings. The minimum atomic E-state index is 0. The molecule has 0 saturated carbocycles. The largest absolute Gasteiger partial charge is 0.357 e. The fourth-order valence-electron chi connectivity index (χ4n) is 1.80. The first kappa shape index (κ1) is 18.4. The highest BCUT2D eigenvalue weighted by atomic mass is 127. The van der Waals surface area contributed by atoms with Gasteiger partial charge in [0, 0.05) is 18.3 Å². The van der Waals surface area contributed by atoms with Crippen LogP contribution in [0.2, 0.25) is 0 Å². The molecule has 3 nitrogen and oxygen atoms in total. The minimum Gasteiger partial charge on any atom is -0.357 e. The number of halogens is 1. The number of rotatable bonds is 6. The van der Waals surface area contributed by atoms with Crippen molar-refractivity contribution in [1.29, 1.82) is 0 Å². The Morgan fingerprint density at radius 1 is 1.39 bits per heavy atom. The standard InChI is InChI=1S/C13H27N3S.HI/c1-4-14-13(15-8-7-11(2)3)16-10-12-6-5-9-17-12;/h11-12H,4-10H2,1-3H3,(H2,14,15,16);1H. The molecule has 1 aliphatic rings. The van der Waals surface area contributed by atoms with Gasteiger partial charge in [-0.2, -0.15) is 11.8 Å². The van der Waals surface area contributed by atoms with Crippen molar-refractivity contribution in [3.05, 3.63) is 0 Å². The van der Waals surface area contributed by atoms with E-state index in [-0.39, 0.29) is 24.0 Å². The van der Waals surface area contributed by atoms with Gasteiger partial charge >= 0.3 is 0 Å². The third-order valence-electron chi connectivity index (χ3n) is 2.84. The maximum Gasteiger partial charge on any atom is 0.191 e. The van der Waals surface area contributed by atoms with E-state index in [9.17, 15) is 0 Å². The van der Waals surface area contributed by atoms with E-state index in [0.717, 1.165) is 36.8 Å². The Bertz CT molecular complexity index is 228. The first-order valence-corrected chi connectivity index (χ1v) is 7.91. The number of hydrogen-bond acceptors (Lipinski definition) is 2. The van der Waals surface area contributed by atoms with Crippen molar-refractivity contribution in [2.75, 3.05) is 25.4 Å². The summed E-state index contributed by atoms with van der Waals surface area (Å²) >= 11 is 2.07. The molecule has 1 fully saturated rings. The van der Waals surface area contributed by atoms with Crippen molar-refractivity contribution in [3.63, 3.8) is 0 Å². The Hall–Kier alpha value is 0.350. The van der Waals surface area contributed by atoms with Gasteiger partial charge in [-0.3, -0.25) is 4.99 Å². The van der Waals surface area contributed by atoms with Gasteiger partial charge in [-0.15, -0.1) is 24.0 Å². The molecular formula is C13H28IN3S. The van der Waals surface area contributed by atoms with Crippen LogP contribution in [0.1, 0.15) is 40.0 Å². The van der Waals surface area contributed by atoms with Crippen molar-refractivity contribution >= 4 is 41.7 Å². The summed E-state index contributed by atoms with van der Waals surface area (Å²) in [6.07, 6.45) is 3.89. The van der Waals surface area contributed by atoms with E-state index in [2.05, 4.69) is 48.2 Å².